The molecule has 8 heteroatoms. The Morgan fingerprint density at radius 2 is 2.06 bits per heavy atom. The molecule has 2 aromatic carbocycles. The first kappa shape index (κ1) is 20.8. The molecule has 0 saturated carbocycles. The van der Waals surface area contributed by atoms with Gasteiger partial charge < -0.3 is 19.4 Å². The number of benzene rings is 2. The zero-order valence-electron chi connectivity index (χ0n) is 18.9. The van der Waals surface area contributed by atoms with Crippen LogP contribution in [0.4, 0.5) is 15.8 Å². The van der Waals surface area contributed by atoms with E-state index in [1.165, 1.54) is 6.07 Å². The molecule has 32 heavy (non-hydrogen) atoms. The van der Waals surface area contributed by atoms with E-state index >= 15 is 0 Å². The van der Waals surface area contributed by atoms with E-state index in [9.17, 15) is 9.18 Å². The van der Waals surface area contributed by atoms with Crippen molar-refractivity contribution in [1.82, 2.24) is 10.3 Å². The van der Waals surface area contributed by atoms with Gasteiger partial charge in [0.1, 0.15) is 24.2 Å². The Kier molecular flexibility index (Phi) is 4.85. The van der Waals surface area contributed by atoms with E-state index in [0.717, 1.165) is 36.4 Å². The number of amidine groups is 1. The topological polar surface area (TPSA) is 60.4 Å². The number of carbonyl (C=O) groups is 1. The molecular formula is C24H28FN5O2. The van der Waals surface area contributed by atoms with Gasteiger partial charge in [0.2, 0.25) is 0 Å². The largest absolute Gasteiger partial charge is 0.483 e. The first-order valence-corrected chi connectivity index (χ1v) is 10.9. The van der Waals surface area contributed by atoms with Gasteiger partial charge >= 0.3 is 0 Å². The number of rotatable bonds is 3. The van der Waals surface area contributed by atoms with E-state index in [1.807, 2.05) is 30.0 Å². The molecular weight excluding hydrogens is 409 g/mol. The molecule has 1 N–H and O–H groups in total. The Morgan fingerprint density at radius 3 is 2.78 bits per heavy atom. The molecule has 0 radical (unpaired) electrons. The summed E-state index contributed by atoms with van der Waals surface area (Å²) in [7, 11) is 4.19. The fraction of sp³-hybridized carbons (Fsp3) is 0.417. The number of likely N-dealkylation sites (tertiary alicyclic amines) is 1. The van der Waals surface area contributed by atoms with Crippen LogP contribution in [0.15, 0.2) is 41.5 Å². The second kappa shape index (κ2) is 7.48. The van der Waals surface area contributed by atoms with Crippen LogP contribution in [0.3, 0.4) is 0 Å². The van der Waals surface area contributed by atoms with Gasteiger partial charge in [0, 0.05) is 37.0 Å². The van der Waals surface area contributed by atoms with Crippen LogP contribution in [-0.4, -0.2) is 62.0 Å². The van der Waals surface area contributed by atoms with Crippen molar-refractivity contribution < 1.29 is 13.9 Å². The summed E-state index contributed by atoms with van der Waals surface area (Å²) in [6, 6.07) is 10.3. The highest BCUT2D eigenvalue weighted by Gasteiger charge is 2.40. The van der Waals surface area contributed by atoms with Crippen LogP contribution in [0.5, 0.6) is 5.75 Å². The maximum atomic E-state index is 14.9. The second-order valence-corrected chi connectivity index (χ2v) is 9.20. The highest BCUT2D eigenvalue weighted by Crippen LogP contribution is 2.46. The smallest absolute Gasteiger partial charge is 0.262 e. The summed E-state index contributed by atoms with van der Waals surface area (Å²) in [5.74, 6) is 0.830. The lowest BCUT2D eigenvalue weighted by atomic mass is 9.94. The summed E-state index contributed by atoms with van der Waals surface area (Å²) in [6.07, 6.45) is 1.000. The van der Waals surface area contributed by atoms with E-state index in [0.29, 0.717) is 17.1 Å². The highest BCUT2D eigenvalue weighted by atomic mass is 19.1. The maximum absolute atomic E-state index is 14.9. The monoisotopic (exact) mass is 437 g/mol. The first-order valence-electron chi connectivity index (χ1n) is 10.9. The van der Waals surface area contributed by atoms with Gasteiger partial charge in [0.15, 0.2) is 5.84 Å². The van der Waals surface area contributed by atoms with Gasteiger partial charge in [-0.15, -0.1) is 0 Å². The molecule has 2 atom stereocenters. The van der Waals surface area contributed by atoms with E-state index in [-0.39, 0.29) is 23.9 Å². The summed E-state index contributed by atoms with van der Waals surface area (Å²) >= 11 is 0. The van der Waals surface area contributed by atoms with Crippen LogP contribution in [0.1, 0.15) is 20.3 Å². The average Bonchev–Trinajstić information content (AvgIpc) is 3.14. The zero-order chi connectivity index (χ0) is 22.6. The normalized spacial score (nSPS) is 24.9. The number of fused-ring (bicyclic) bond motifs is 3. The lowest BCUT2D eigenvalue weighted by Gasteiger charge is -2.42. The molecule has 1 fully saturated rings. The summed E-state index contributed by atoms with van der Waals surface area (Å²) in [5.41, 5.74) is 5.42. The van der Waals surface area contributed by atoms with Crippen molar-refractivity contribution in [1.29, 1.82) is 0 Å². The van der Waals surface area contributed by atoms with Gasteiger partial charge in [-0.1, -0.05) is 18.2 Å². The number of hydrogen-bond acceptors (Lipinski definition) is 6. The van der Waals surface area contributed by atoms with Crippen LogP contribution in [0, 0.1) is 5.82 Å². The molecule has 168 valence electrons. The van der Waals surface area contributed by atoms with Gasteiger partial charge in [0.25, 0.3) is 5.91 Å². The molecule has 1 saturated heterocycles. The average molecular weight is 438 g/mol. The highest BCUT2D eigenvalue weighted by molar-refractivity contribution is 6.10. The fourth-order valence-electron chi connectivity index (χ4n) is 4.97. The number of likely N-dealkylation sites (N-methyl/N-ethyl adjacent to an activating group) is 2. The number of halogens is 1. The molecule has 0 aliphatic carbocycles. The molecule has 0 spiro atoms. The first-order chi connectivity index (χ1) is 15.3. The van der Waals surface area contributed by atoms with Crippen molar-refractivity contribution >= 4 is 23.1 Å². The SMILES string of the molecule is C[C@H]1C(=O)NN=C2COc3cc(-c4ccccc4F)c(N(C)[C@]4(C)CCN(C)C4)cc3N21. The van der Waals surface area contributed by atoms with Crippen LogP contribution in [0.2, 0.25) is 0 Å². The summed E-state index contributed by atoms with van der Waals surface area (Å²) in [4.78, 5) is 18.8. The Morgan fingerprint density at radius 1 is 1.28 bits per heavy atom. The van der Waals surface area contributed by atoms with Crippen molar-refractivity contribution in [2.24, 2.45) is 5.10 Å². The van der Waals surface area contributed by atoms with Crippen molar-refractivity contribution in [3.05, 3.63) is 42.2 Å². The van der Waals surface area contributed by atoms with Gasteiger partial charge in [-0.3, -0.25) is 4.79 Å². The second-order valence-electron chi connectivity index (χ2n) is 9.20. The fourth-order valence-corrected chi connectivity index (χ4v) is 4.97. The zero-order valence-corrected chi connectivity index (χ0v) is 18.9. The molecule has 2 aromatic rings. The van der Waals surface area contributed by atoms with Crippen LogP contribution in [0.25, 0.3) is 11.1 Å². The summed E-state index contributed by atoms with van der Waals surface area (Å²) < 4.78 is 20.9. The number of hydrogen-bond donors (Lipinski definition) is 1. The summed E-state index contributed by atoms with van der Waals surface area (Å²) in [5, 5.41) is 4.19. The minimum Gasteiger partial charge on any atom is -0.483 e. The van der Waals surface area contributed by atoms with E-state index < -0.39 is 6.04 Å². The molecule has 5 rings (SSSR count). The minimum atomic E-state index is -0.421. The Balaban J connectivity index is 1.70. The molecule has 0 aromatic heterocycles. The van der Waals surface area contributed by atoms with E-state index in [4.69, 9.17) is 4.74 Å². The van der Waals surface area contributed by atoms with Gasteiger partial charge in [-0.05, 0) is 45.5 Å². The predicted octanol–water partition coefficient (Wildman–Crippen LogP) is 3.05. The van der Waals surface area contributed by atoms with Crippen LogP contribution >= 0.6 is 0 Å². The van der Waals surface area contributed by atoms with Crippen molar-refractivity contribution in [3.63, 3.8) is 0 Å². The van der Waals surface area contributed by atoms with Gasteiger partial charge in [-0.25, -0.2) is 9.82 Å². The molecule has 3 aliphatic heterocycles. The number of amides is 1. The molecule has 0 unspecified atom stereocenters. The Labute approximate surface area is 187 Å². The number of carbonyl (C=O) groups excluding carboxylic acids is 1. The molecule has 3 aliphatic rings. The number of ether oxygens (including phenoxy) is 1. The molecule has 1 amide bonds. The molecule has 3 heterocycles. The predicted molar refractivity (Wildman–Crippen MR) is 124 cm³/mol. The number of nitrogens with one attached hydrogen (secondary N) is 1. The van der Waals surface area contributed by atoms with Crippen LogP contribution in [-0.2, 0) is 4.79 Å². The standard InChI is InChI=1S/C24H28FN5O2/c1-15-23(31)27-26-22-13-32-21-11-17(16-7-5-6-8-18(16)25)19(12-20(21)30(15)22)29(4)24(2)9-10-28(3)14-24/h5-8,11-12,15H,9-10,13-14H2,1-4H3,(H,27,31)/t15-,24+/m0/s1. The minimum absolute atomic E-state index is 0.111. The quantitative estimate of drug-likeness (QED) is 0.800. The van der Waals surface area contributed by atoms with Gasteiger partial charge in [-0.2, -0.15) is 5.10 Å². The number of hydrazone groups is 1. The third-order valence-corrected chi connectivity index (χ3v) is 7.01. The lowest BCUT2D eigenvalue weighted by Crippen LogP contribution is -2.55. The molecule has 7 nitrogen and oxygen atoms in total. The third kappa shape index (κ3) is 3.21. The van der Waals surface area contributed by atoms with E-state index in [1.54, 1.807) is 12.1 Å². The summed E-state index contributed by atoms with van der Waals surface area (Å²) in [6.45, 7) is 6.24. The van der Waals surface area contributed by atoms with Gasteiger partial charge in [0.05, 0.1) is 11.2 Å². The van der Waals surface area contributed by atoms with Crippen LogP contribution < -0.4 is 20.0 Å². The van der Waals surface area contributed by atoms with Crippen molar-refractivity contribution in [2.45, 2.75) is 31.8 Å². The van der Waals surface area contributed by atoms with Crippen molar-refractivity contribution in [2.75, 3.05) is 43.6 Å². The van der Waals surface area contributed by atoms with Crippen molar-refractivity contribution in [3.8, 4) is 16.9 Å². The molecule has 0 bridgehead atoms. The third-order valence-electron chi connectivity index (χ3n) is 7.01. The maximum Gasteiger partial charge on any atom is 0.262 e. The Bertz CT molecular complexity index is 1120. The number of nitrogens with zero attached hydrogens (tertiary/aromatic N) is 4. The number of anilines is 2. The van der Waals surface area contributed by atoms with E-state index in [2.05, 4.69) is 41.3 Å². The Hall–Kier alpha value is -3.13. The lowest BCUT2D eigenvalue weighted by molar-refractivity contribution is -0.122.